The molecule has 6 N–H and O–H groups in total. The highest BCUT2D eigenvalue weighted by atomic mass is 28.3. The van der Waals surface area contributed by atoms with E-state index in [1.54, 1.807) is 14.2 Å². The highest BCUT2D eigenvalue weighted by Crippen LogP contribution is 2.11. The molecule has 5 nitrogen and oxygen atoms in total. The SMILES string of the molecule is CO[SiH](CCC(C)C(C)N)OC.NCCCN. The van der Waals surface area contributed by atoms with Crippen LogP contribution in [-0.4, -0.2) is 42.6 Å². The molecule has 0 saturated heterocycles. The van der Waals surface area contributed by atoms with E-state index in [9.17, 15) is 0 Å². The van der Waals surface area contributed by atoms with Gasteiger partial charge in [-0.3, -0.25) is 0 Å². The van der Waals surface area contributed by atoms with Gasteiger partial charge in [-0.1, -0.05) is 6.92 Å². The van der Waals surface area contributed by atoms with E-state index in [0.717, 1.165) is 32.0 Å². The van der Waals surface area contributed by atoms with Gasteiger partial charge in [-0.05, 0) is 44.8 Å². The smallest absolute Gasteiger partial charge is 0.320 e. The molecule has 0 aliphatic carbocycles. The van der Waals surface area contributed by atoms with Gasteiger partial charge in [0, 0.05) is 20.3 Å². The van der Waals surface area contributed by atoms with Crippen molar-refractivity contribution < 1.29 is 8.85 Å². The quantitative estimate of drug-likeness (QED) is 0.544. The Balaban J connectivity index is 0. The highest BCUT2D eigenvalue weighted by Gasteiger charge is 2.13. The lowest BCUT2D eigenvalue weighted by atomic mass is 10.0. The summed E-state index contributed by atoms with van der Waals surface area (Å²) in [5.74, 6) is 0.560. The summed E-state index contributed by atoms with van der Waals surface area (Å²) in [5, 5.41) is 0. The average Bonchev–Trinajstić information content (AvgIpc) is 2.31. The molecule has 2 atom stereocenters. The Hall–Kier alpha value is 0.0169. The Labute approximate surface area is 108 Å². The molecule has 106 valence electrons. The summed E-state index contributed by atoms with van der Waals surface area (Å²) in [5.41, 5.74) is 15.9. The van der Waals surface area contributed by atoms with Crippen LogP contribution in [0.25, 0.3) is 0 Å². The van der Waals surface area contributed by atoms with Crippen LogP contribution in [0.3, 0.4) is 0 Å². The Morgan fingerprint density at radius 2 is 1.53 bits per heavy atom. The zero-order valence-electron chi connectivity index (χ0n) is 11.8. The lowest BCUT2D eigenvalue weighted by molar-refractivity contribution is 0.272. The maximum Gasteiger partial charge on any atom is 0.320 e. The highest BCUT2D eigenvalue weighted by molar-refractivity contribution is 6.44. The molecule has 0 spiro atoms. The minimum atomic E-state index is -1.35. The van der Waals surface area contributed by atoms with Crippen molar-refractivity contribution in [1.29, 1.82) is 0 Å². The Bertz CT molecular complexity index is 143. The monoisotopic (exact) mass is 265 g/mol. The molecule has 0 aliphatic rings. The van der Waals surface area contributed by atoms with Crippen LogP contribution in [-0.2, 0) is 8.85 Å². The fraction of sp³-hybridized carbons (Fsp3) is 1.00. The van der Waals surface area contributed by atoms with Gasteiger partial charge < -0.3 is 26.1 Å². The summed E-state index contributed by atoms with van der Waals surface area (Å²) >= 11 is 0. The molecule has 0 saturated carbocycles. The van der Waals surface area contributed by atoms with E-state index < -0.39 is 9.28 Å². The third-order valence-electron chi connectivity index (χ3n) is 2.69. The van der Waals surface area contributed by atoms with Crippen molar-refractivity contribution >= 4 is 9.28 Å². The van der Waals surface area contributed by atoms with Crippen molar-refractivity contribution in [3.05, 3.63) is 0 Å². The van der Waals surface area contributed by atoms with Crippen molar-refractivity contribution in [2.45, 2.75) is 38.8 Å². The van der Waals surface area contributed by atoms with Gasteiger partial charge in [0.1, 0.15) is 0 Å². The zero-order chi connectivity index (χ0) is 13.7. The van der Waals surface area contributed by atoms with Gasteiger partial charge in [0.2, 0.25) is 0 Å². The van der Waals surface area contributed by atoms with Gasteiger partial charge in [0.25, 0.3) is 0 Å². The summed E-state index contributed by atoms with van der Waals surface area (Å²) in [6.07, 6.45) is 2.05. The second kappa shape index (κ2) is 14.1. The van der Waals surface area contributed by atoms with Crippen LogP contribution in [0.2, 0.25) is 6.04 Å². The molecule has 6 heteroatoms. The van der Waals surface area contributed by atoms with E-state index in [0.29, 0.717) is 5.92 Å². The first kappa shape index (κ1) is 19.4. The van der Waals surface area contributed by atoms with Crippen LogP contribution in [0.4, 0.5) is 0 Å². The number of hydrogen-bond donors (Lipinski definition) is 3. The van der Waals surface area contributed by atoms with Crippen LogP contribution >= 0.6 is 0 Å². The number of rotatable bonds is 8. The van der Waals surface area contributed by atoms with Crippen LogP contribution in [0.15, 0.2) is 0 Å². The summed E-state index contributed by atoms with van der Waals surface area (Å²) < 4.78 is 10.4. The lowest BCUT2D eigenvalue weighted by Gasteiger charge is -2.17. The Morgan fingerprint density at radius 1 is 1.06 bits per heavy atom. The normalized spacial score (nSPS) is 14.1. The topological polar surface area (TPSA) is 96.5 Å². The third kappa shape index (κ3) is 14.0. The van der Waals surface area contributed by atoms with Gasteiger partial charge in [0.05, 0.1) is 0 Å². The molecule has 0 fully saturated rings. The van der Waals surface area contributed by atoms with Gasteiger partial charge in [-0.15, -0.1) is 0 Å². The minimum Gasteiger partial charge on any atom is -0.400 e. The summed E-state index contributed by atoms with van der Waals surface area (Å²) in [6.45, 7) is 5.65. The van der Waals surface area contributed by atoms with Gasteiger partial charge >= 0.3 is 9.28 Å². The van der Waals surface area contributed by atoms with Gasteiger partial charge in [-0.25, -0.2) is 0 Å². The van der Waals surface area contributed by atoms with Crippen molar-refractivity contribution in [1.82, 2.24) is 0 Å². The second-order valence-electron chi connectivity index (χ2n) is 4.25. The molecule has 2 unspecified atom stereocenters. The van der Waals surface area contributed by atoms with E-state index in [2.05, 4.69) is 6.92 Å². The van der Waals surface area contributed by atoms with Crippen LogP contribution in [0.1, 0.15) is 26.7 Å². The van der Waals surface area contributed by atoms with Crippen LogP contribution < -0.4 is 17.2 Å². The lowest BCUT2D eigenvalue weighted by Crippen LogP contribution is -2.27. The van der Waals surface area contributed by atoms with E-state index in [1.165, 1.54) is 0 Å². The fourth-order valence-electron chi connectivity index (χ4n) is 1.11. The van der Waals surface area contributed by atoms with E-state index >= 15 is 0 Å². The molecule has 0 aromatic carbocycles. The molecular formula is C11H31N3O2Si. The van der Waals surface area contributed by atoms with Crippen molar-refractivity contribution in [2.75, 3.05) is 27.3 Å². The molecular weight excluding hydrogens is 234 g/mol. The van der Waals surface area contributed by atoms with Crippen LogP contribution in [0.5, 0.6) is 0 Å². The van der Waals surface area contributed by atoms with Crippen molar-refractivity contribution in [3.63, 3.8) is 0 Å². The number of hydrogen-bond acceptors (Lipinski definition) is 5. The maximum atomic E-state index is 5.74. The predicted molar refractivity (Wildman–Crippen MR) is 76.1 cm³/mol. The second-order valence-corrected chi connectivity index (χ2v) is 6.62. The largest absolute Gasteiger partial charge is 0.400 e. The minimum absolute atomic E-state index is 0.272. The fourth-order valence-corrected chi connectivity index (χ4v) is 2.57. The molecule has 0 bridgehead atoms. The number of nitrogens with two attached hydrogens (primary N) is 3. The summed E-state index contributed by atoms with van der Waals surface area (Å²) in [7, 11) is 2.09. The average molecular weight is 265 g/mol. The third-order valence-corrected chi connectivity index (χ3v) is 4.55. The van der Waals surface area contributed by atoms with Crippen molar-refractivity contribution in [3.8, 4) is 0 Å². The molecule has 0 aliphatic heterocycles. The molecule has 0 aromatic rings. The zero-order valence-corrected chi connectivity index (χ0v) is 13.0. The predicted octanol–water partition coefficient (Wildman–Crippen LogP) is 0.167. The van der Waals surface area contributed by atoms with Gasteiger partial charge in [-0.2, -0.15) is 0 Å². The van der Waals surface area contributed by atoms with Crippen molar-refractivity contribution in [2.24, 2.45) is 23.1 Å². The van der Waals surface area contributed by atoms with E-state index in [4.69, 9.17) is 26.1 Å². The first-order chi connectivity index (χ1) is 8.03. The Kier molecular flexibility index (Phi) is 16.0. The van der Waals surface area contributed by atoms with Crippen LogP contribution in [0, 0.1) is 5.92 Å². The first-order valence-electron chi connectivity index (χ1n) is 6.24. The standard InChI is InChI=1S/C8H21NO2Si.C3H10N2/c1-7(8(2)9)5-6-12(10-3)11-4;4-2-1-3-5/h7-8,12H,5-6,9H2,1-4H3;1-5H2. The Morgan fingerprint density at radius 3 is 1.76 bits per heavy atom. The molecule has 0 amide bonds. The summed E-state index contributed by atoms with van der Waals surface area (Å²) in [6, 6.07) is 1.32. The molecule has 0 aromatic heterocycles. The molecule has 0 rings (SSSR count). The molecule has 17 heavy (non-hydrogen) atoms. The first-order valence-corrected chi connectivity index (χ1v) is 8.00. The van der Waals surface area contributed by atoms with E-state index in [-0.39, 0.29) is 6.04 Å². The van der Waals surface area contributed by atoms with Gasteiger partial charge in [0.15, 0.2) is 0 Å². The van der Waals surface area contributed by atoms with E-state index in [1.807, 2.05) is 6.92 Å². The molecule has 0 heterocycles. The maximum absolute atomic E-state index is 5.74. The molecule has 0 radical (unpaired) electrons. The summed E-state index contributed by atoms with van der Waals surface area (Å²) in [4.78, 5) is 0.